The van der Waals surface area contributed by atoms with Gasteiger partial charge >= 0.3 is 0 Å². The zero-order valence-electron chi connectivity index (χ0n) is 8.98. The molecule has 0 aliphatic carbocycles. The van der Waals surface area contributed by atoms with Gasteiger partial charge in [0.1, 0.15) is 0 Å². The summed E-state index contributed by atoms with van der Waals surface area (Å²) in [5.74, 6) is 1.35. The summed E-state index contributed by atoms with van der Waals surface area (Å²) in [7, 11) is 1.64. The minimum atomic E-state index is 0.630. The molecule has 2 heterocycles. The first-order valence-electron chi connectivity index (χ1n) is 5.08. The minimum absolute atomic E-state index is 0.630. The molecule has 0 saturated carbocycles. The van der Waals surface area contributed by atoms with E-state index in [9.17, 15) is 0 Å². The van der Waals surface area contributed by atoms with Crippen LogP contribution < -0.4 is 4.74 Å². The summed E-state index contributed by atoms with van der Waals surface area (Å²) in [5, 5.41) is 0. The average Bonchev–Trinajstić information content (AvgIpc) is 2.16. The molecule has 1 aliphatic rings. The molecule has 1 aliphatic heterocycles. The van der Waals surface area contributed by atoms with Crippen LogP contribution in [-0.2, 0) is 0 Å². The van der Waals surface area contributed by atoms with Gasteiger partial charge in [-0.1, -0.05) is 28.7 Å². The van der Waals surface area contributed by atoms with Gasteiger partial charge in [-0.2, -0.15) is 0 Å². The van der Waals surface area contributed by atoms with Gasteiger partial charge in [0.25, 0.3) is 0 Å². The predicted octanol–water partition coefficient (Wildman–Crippen LogP) is 2.27. The Morgan fingerprint density at radius 1 is 1.53 bits per heavy atom. The molecule has 0 amide bonds. The summed E-state index contributed by atoms with van der Waals surface area (Å²) in [4.78, 5) is 6.68. The highest BCUT2D eigenvalue weighted by Gasteiger charge is 2.30. The zero-order valence-corrected chi connectivity index (χ0v) is 11.1. The topological polar surface area (TPSA) is 25.4 Å². The first-order chi connectivity index (χ1) is 7.20. The van der Waals surface area contributed by atoms with Crippen LogP contribution in [0.25, 0.3) is 0 Å². The highest BCUT2D eigenvalue weighted by atomic mass is 127. The van der Waals surface area contributed by atoms with E-state index in [2.05, 4.69) is 45.5 Å². The van der Waals surface area contributed by atoms with Crippen LogP contribution >= 0.6 is 22.6 Å². The summed E-state index contributed by atoms with van der Waals surface area (Å²) in [6.07, 6.45) is 1.93. The number of halogens is 1. The van der Waals surface area contributed by atoms with Crippen molar-refractivity contribution in [2.45, 2.75) is 16.9 Å². The third kappa shape index (κ3) is 2.42. The van der Waals surface area contributed by atoms with Gasteiger partial charge in [-0.3, -0.25) is 4.90 Å². The number of likely N-dealkylation sites (tertiary alicyclic amines) is 1. The maximum absolute atomic E-state index is 5.04. The molecule has 0 N–H and O–H groups in total. The van der Waals surface area contributed by atoms with Crippen LogP contribution in [0.3, 0.4) is 0 Å². The van der Waals surface area contributed by atoms with Gasteiger partial charge in [-0.05, 0) is 12.5 Å². The number of ether oxygens (including phenoxy) is 1. The number of pyridine rings is 1. The van der Waals surface area contributed by atoms with Crippen LogP contribution in [0.2, 0.25) is 0 Å². The molecule has 0 aromatic carbocycles. The fourth-order valence-corrected chi connectivity index (χ4v) is 2.22. The summed E-state index contributed by atoms with van der Waals surface area (Å²) >= 11 is 2.45. The quantitative estimate of drug-likeness (QED) is 0.486. The molecule has 1 unspecified atom stereocenters. The van der Waals surface area contributed by atoms with E-state index in [0.29, 0.717) is 15.8 Å². The highest BCUT2D eigenvalue weighted by molar-refractivity contribution is 14.1. The molecule has 0 radical (unpaired) electrons. The molecule has 0 bridgehead atoms. The molecule has 3 nitrogen and oxygen atoms in total. The van der Waals surface area contributed by atoms with Crippen LogP contribution in [0, 0.1) is 0 Å². The molecular formula is C11H15IN2O. The van der Waals surface area contributed by atoms with Crippen molar-refractivity contribution in [3.05, 3.63) is 23.9 Å². The van der Waals surface area contributed by atoms with E-state index in [1.807, 2.05) is 12.3 Å². The van der Waals surface area contributed by atoms with E-state index >= 15 is 0 Å². The maximum Gasteiger partial charge on any atom is 0.212 e. The Kier molecular flexibility index (Phi) is 3.45. The SMILES string of the molecule is COc1ccc(C2CN(C(C)I)C2)cn1. The number of aromatic nitrogens is 1. The standard InChI is InChI=1S/C11H15IN2O/c1-8(12)14-6-10(7-14)9-3-4-11(15-2)13-5-9/h3-5,8,10H,6-7H2,1-2H3. The van der Waals surface area contributed by atoms with Gasteiger partial charge in [0, 0.05) is 31.3 Å². The fraction of sp³-hybridized carbons (Fsp3) is 0.545. The number of hydrogen-bond acceptors (Lipinski definition) is 3. The van der Waals surface area contributed by atoms with Crippen molar-refractivity contribution in [1.29, 1.82) is 0 Å². The van der Waals surface area contributed by atoms with Gasteiger partial charge in [0.15, 0.2) is 0 Å². The van der Waals surface area contributed by atoms with E-state index in [0.717, 1.165) is 13.1 Å². The van der Waals surface area contributed by atoms with E-state index in [1.165, 1.54) is 5.56 Å². The van der Waals surface area contributed by atoms with Crippen LogP contribution in [-0.4, -0.2) is 34.1 Å². The molecule has 4 heteroatoms. The zero-order chi connectivity index (χ0) is 10.8. The van der Waals surface area contributed by atoms with Gasteiger partial charge < -0.3 is 4.74 Å². The van der Waals surface area contributed by atoms with Crippen molar-refractivity contribution in [2.75, 3.05) is 20.2 Å². The summed E-state index contributed by atoms with van der Waals surface area (Å²) < 4.78 is 5.67. The average molecular weight is 318 g/mol. The Balaban J connectivity index is 1.95. The molecule has 1 fully saturated rings. The Morgan fingerprint density at radius 2 is 2.27 bits per heavy atom. The Labute approximate surface area is 104 Å². The molecule has 2 rings (SSSR count). The van der Waals surface area contributed by atoms with Crippen molar-refractivity contribution in [2.24, 2.45) is 0 Å². The predicted molar refractivity (Wildman–Crippen MR) is 68.6 cm³/mol. The second-order valence-corrected chi connectivity index (χ2v) is 5.66. The summed E-state index contributed by atoms with van der Waals surface area (Å²) in [6, 6.07) is 4.05. The number of hydrogen-bond donors (Lipinski definition) is 0. The van der Waals surface area contributed by atoms with Gasteiger partial charge in [-0.25, -0.2) is 4.98 Å². The van der Waals surface area contributed by atoms with E-state index < -0.39 is 0 Å². The van der Waals surface area contributed by atoms with Gasteiger partial charge in [0.05, 0.1) is 11.2 Å². The monoisotopic (exact) mass is 318 g/mol. The van der Waals surface area contributed by atoms with Crippen LogP contribution in [0.4, 0.5) is 0 Å². The fourth-order valence-electron chi connectivity index (χ4n) is 1.77. The smallest absolute Gasteiger partial charge is 0.212 e. The third-order valence-corrected chi connectivity index (χ3v) is 3.64. The Bertz CT molecular complexity index is 320. The van der Waals surface area contributed by atoms with Crippen LogP contribution in [0.5, 0.6) is 5.88 Å². The molecule has 1 aromatic heterocycles. The Hall–Kier alpha value is -0.360. The second kappa shape index (κ2) is 4.65. The number of alkyl halides is 1. The summed E-state index contributed by atoms with van der Waals surface area (Å²) in [6.45, 7) is 4.53. The van der Waals surface area contributed by atoms with Crippen molar-refractivity contribution in [3.8, 4) is 5.88 Å². The first kappa shape index (κ1) is 11.1. The molecule has 0 spiro atoms. The van der Waals surface area contributed by atoms with Crippen molar-refractivity contribution < 1.29 is 4.74 Å². The molecule has 1 saturated heterocycles. The molecule has 15 heavy (non-hydrogen) atoms. The lowest BCUT2D eigenvalue weighted by molar-refractivity contribution is 0.148. The van der Waals surface area contributed by atoms with Crippen LogP contribution in [0.15, 0.2) is 18.3 Å². The van der Waals surface area contributed by atoms with Crippen LogP contribution in [0.1, 0.15) is 18.4 Å². The lowest BCUT2D eigenvalue weighted by Gasteiger charge is -2.41. The van der Waals surface area contributed by atoms with Crippen molar-refractivity contribution in [1.82, 2.24) is 9.88 Å². The first-order valence-corrected chi connectivity index (χ1v) is 6.33. The number of nitrogens with zero attached hydrogens (tertiary/aromatic N) is 2. The maximum atomic E-state index is 5.04. The molecular weight excluding hydrogens is 303 g/mol. The molecule has 82 valence electrons. The number of methoxy groups -OCH3 is 1. The minimum Gasteiger partial charge on any atom is -0.481 e. The Morgan fingerprint density at radius 3 is 2.73 bits per heavy atom. The van der Waals surface area contributed by atoms with E-state index in [-0.39, 0.29) is 0 Å². The summed E-state index contributed by atoms with van der Waals surface area (Å²) in [5.41, 5.74) is 1.32. The number of rotatable bonds is 3. The lowest BCUT2D eigenvalue weighted by Crippen LogP contribution is -2.47. The van der Waals surface area contributed by atoms with Crippen molar-refractivity contribution in [3.63, 3.8) is 0 Å². The molecule has 1 atom stereocenters. The third-order valence-electron chi connectivity index (χ3n) is 2.85. The lowest BCUT2D eigenvalue weighted by atomic mass is 9.93. The van der Waals surface area contributed by atoms with E-state index in [1.54, 1.807) is 7.11 Å². The van der Waals surface area contributed by atoms with Gasteiger partial charge in [0.2, 0.25) is 5.88 Å². The van der Waals surface area contributed by atoms with E-state index in [4.69, 9.17) is 4.74 Å². The largest absolute Gasteiger partial charge is 0.481 e. The normalized spacial score (nSPS) is 19.7. The highest BCUT2D eigenvalue weighted by Crippen LogP contribution is 2.30. The van der Waals surface area contributed by atoms with Crippen molar-refractivity contribution >= 4 is 22.6 Å². The molecule has 1 aromatic rings. The second-order valence-electron chi connectivity index (χ2n) is 3.86. The van der Waals surface area contributed by atoms with Gasteiger partial charge in [-0.15, -0.1) is 0 Å².